The number of allylic oxidation sites excluding steroid dienone is 4. The van der Waals surface area contributed by atoms with Gasteiger partial charge in [0, 0.05) is 0 Å². The normalized spacial score (nSPS) is 13.3. The predicted octanol–water partition coefficient (Wildman–Crippen LogP) is 6.22. The molecule has 0 saturated carbocycles. The van der Waals surface area contributed by atoms with Crippen molar-refractivity contribution in [1.29, 1.82) is 0 Å². The number of halogens is 3. The van der Waals surface area contributed by atoms with Crippen LogP contribution in [0.25, 0.3) is 0 Å². The van der Waals surface area contributed by atoms with Gasteiger partial charge in [-0.2, -0.15) is 0 Å². The standard InChI is InChI=1S/C10H13ClO.C5H5.C2H7Si.2ClH.Ti/c1-10(2,3)7-4-8(11)6-9(12)5-7;1-2-4-5-3-1;1-3-2;;;/h4-6,12H,1-3H3;1-3H,4H2;3H,1-2H3;2*1H;/q;;;;;+1/p-1. The van der Waals surface area contributed by atoms with Gasteiger partial charge in [-0.3, -0.25) is 0 Å². The maximum atomic E-state index is 6.51. The first-order valence-corrected chi connectivity index (χ1v) is 14.9. The summed E-state index contributed by atoms with van der Waals surface area (Å²) in [4.78, 5) is 0. The largest absolute Gasteiger partial charge is 0.147 e. The summed E-state index contributed by atoms with van der Waals surface area (Å²) in [6.07, 6.45) is 7.77. The second kappa shape index (κ2) is 9.70. The summed E-state index contributed by atoms with van der Waals surface area (Å²) in [7, 11) is 0. The Kier molecular flexibility index (Phi) is 9.83. The molecule has 0 unspecified atom stereocenters. The number of hydrogen-bond acceptors (Lipinski definition) is 1. The van der Waals surface area contributed by atoms with E-state index in [0.29, 0.717) is 0 Å². The molecule has 23 heavy (non-hydrogen) atoms. The van der Waals surface area contributed by atoms with Crippen molar-refractivity contribution in [2.75, 3.05) is 0 Å². The molecule has 2 rings (SSSR count). The Morgan fingerprint density at radius 2 is 1.78 bits per heavy atom. The number of benzene rings is 1. The molecule has 0 heterocycles. The minimum Gasteiger partial charge on any atom is -0.147 e. The van der Waals surface area contributed by atoms with E-state index in [0.717, 1.165) is 17.2 Å². The Bertz CT molecular complexity index is 580. The maximum absolute atomic E-state index is 6.51. The molecule has 1 aromatic rings. The molecule has 129 valence electrons. The first-order valence-electron chi connectivity index (χ1n) is 7.49. The molecular weight excluding hydrogens is 402 g/mol. The average Bonchev–Trinajstić information content (AvgIpc) is 2.87. The van der Waals surface area contributed by atoms with Crippen LogP contribution < -0.4 is 3.32 Å². The van der Waals surface area contributed by atoms with E-state index in [9.17, 15) is 0 Å². The summed E-state index contributed by atoms with van der Waals surface area (Å²) in [5, 5.41) is 0.777. The van der Waals surface area contributed by atoms with Crippen LogP contribution in [0.15, 0.2) is 40.3 Å². The first kappa shape index (κ1) is 23.3. The fourth-order valence-corrected chi connectivity index (χ4v) is 11.3. The molecular formula is C17H26Cl3OSiTi. The molecule has 0 saturated heterocycles. The predicted molar refractivity (Wildman–Crippen MR) is 106 cm³/mol. The summed E-state index contributed by atoms with van der Waals surface area (Å²) in [6.45, 7) is 10.6. The molecule has 0 radical (unpaired) electrons. The fourth-order valence-electron chi connectivity index (χ4n) is 2.37. The topological polar surface area (TPSA) is 9.23 Å². The van der Waals surface area contributed by atoms with Crippen LogP contribution in [0.2, 0.25) is 18.1 Å². The quantitative estimate of drug-likeness (QED) is 0.517. The van der Waals surface area contributed by atoms with Crippen LogP contribution >= 0.6 is 36.4 Å². The van der Waals surface area contributed by atoms with Crippen molar-refractivity contribution in [1.82, 2.24) is 0 Å². The first-order chi connectivity index (χ1) is 9.77. The summed E-state index contributed by atoms with van der Waals surface area (Å²) in [6, 6.07) is 6.21. The van der Waals surface area contributed by atoms with E-state index in [1.54, 1.807) is 3.88 Å². The summed E-state index contributed by atoms with van der Waals surface area (Å²) in [5.74, 6) is 0.969. The molecule has 1 nitrogen and oxygen atoms in total. The van der Waals surface area contributed by atoms with Gasteiger partial charge >= 0.3 is 141 Å². The van der Waals surface area contributed by atoms with Gasteiger partial charge in [0.05, 0.1) is 0 Å². The zero-order valence-electron chi connectivity index (χ0n) is 14.4. The second-order valence-electron chi connectivity index (χ2n) is 6.87. The Labute approximate surface area is 165 Å². The summed E-state index contributed by atoms with van der Waals surface area (Å²) in [5.41, 5.74) is 1.33. The van der Waals surface area contributed by atoms with E-state index < -0.39 is 24.2 Å². The van der Waals surface area contributed by atoms with Gasteiger partial charge in [0.25, 0.3) is 0 Å². The minimum atomic E-state index is -1.61. The Balaban J connectivity index is 0.00000242. The minimum absolute atomic E-state index is 0. The smallest absolute Gasteiger partial charge is 0.147 e. The second-order valence-corrected chi connectivity index (χ2v) is 19.6. The van der Waals surface area contributed by atoms with E-state index in [1.165, 1.54) is 5.56 Å². The fraction of sp³-hybridized carbons (Fsp3) is 0.412. The molecule has 0 amide bonds. The van der Waals surface area contributed by atoms with Gasteiger partial charge in [-0.1, -0.05) is 0 Å². The summed E-state index contributed by atoms with van der Waals surface area (Å²) >= 11 is 4.69. The van der Waals surface area contributed by atoms with Crippen molar-refractivity contribution in [3.05, 3.63) is 50.9 Å². The van der Waals surface area contributed by atoms with Gasteiger partial charge in [0.15, 0.2) is 0 Å². The maximum Gasteiger partial charge on any atom is -0.147 e. The molecule has 1 aliphatic rings. The zero-order chi connectivity index (χ0) is 15.6. The van der Waals surface area contributed by atoms with Gasteiger partial charge < -0.3 is 0 Å². The molecule has 0 spiro atoms. The third-order valence-electron chi connectivity index (χ3n) is 3.58. The van der Waals surface area contributed by atoms with E-state index >= 15 is 0 Å². The van der Waals surface area contributed by atoms with Crippen molar-refractivity contribution in [2.45, 2.75) is 45.7 Å². The van der Waals surface area contributed by atoms with Crippen LogP contribution in [0.3, 0.4) is 0 Å². The van der Waals surface area contributed by atoms with Gasteiger partial charge in [-0.15, -0.1) is 24.8 Å². The molecule has 0 atom stereocenters. The molecule has 6 heteroatoms. The molecule has 0 fully saturated rings. The Morgan fingerprint density at radius 3 is 2.26 bits per heavy atom. The Hall–Kier alpha value is 0.301. The zero-order valence-corrected chi connectivity index (χ0v) is 19.5. The third-order valence-corrected chi connectivity index (χ3v) is 14.1. The molecule has 0 N–H and O–H groups in total. The van der Waals surface area contributed by atoms with Gasteiger partial charge in [0.1, 0.15) is 0 Å². The van der Waals surface area contributed by atoms with Crippen LogP contribution in [0.5, 0.6) is 5.75 Å². The van der Waals surface area contributed by atoms with Crippen molar-refractivity contribution in [3.63, 3.8) is 0 Å². The van der Waals surface area contributed by atoms with E-state index in [2.05, 4.69) is 64.2 Å². The molecule has 1 aromatic carbocycles. The van der Waals surface area contributed by atoms with Crippen LogP contribution in [0.4, 0.5) is 0 Å². The van der Waals surface area contributed by atoms with Crippen molar-refractivity contribution in [2.24, 2.45) is 0 Å². The van der Waals surface area contributed by atoms with Gasteiger partial charge in [0.2, 0.25) is 0 Å². The molecule has 0 aromatic heterocycles. The SMILES string of the molecule is C[SiH](C)[Ti]([O]c1cc(Cl)cc(C(C)(C)C)c1)[C]1=CC=CC1.Cl.Cl. The number of hydrogen-bond donors (Lipinski definition) is 0. The van der Waals surface area contributed by atoms with E-state index in [4.69, 9.17) is 14.9 Å². The van der Waals surface area contributed by atoms with E-state index in [1.807, 2.05) is 6.07 Å². The van der Waals surface area contributed by atoms with Crippen molar-refractivity contribution in [3.8, 4) is 5.75 Å². The molecule has 0 bridgehead atoms. The molecule has 0 aliphatic heterocycles. The van der Waals surface area contributed by atoms with Gasteiger partial charge in [-0.05, 0) is 0 Å². The number of rotatable bonds is 4. The average molecular weight is 429 g/mol. The van der Waals surface area contributed by atoms with Crippen LogP contribution in [-0.2, 0) is 22.9 Å². The summed E-state index contributed by atoms with van der Waals surface area (Å²) < 4.78 is 8.08. The van der Waals surface area contributed by atoms with Gasteiger partial charge in [-0.25, -0.2) is 0 Å². The van der Waals surface area contributed by atoms with E-state index in [-0.39, 0.29) is 30.2 Å². The van der Waals surface area contributed by atoms with Crippen LogP contribution in [0.1, 0.15) is 32.8 Å². The Morgan fingerprint density at radius 1 is 1.13 bits per heavy atom. The monoisotopic (exact) mass is 427 g/mol. The van der Waals surface area contributed by atoms with Crippen LogP contribution in [0, 0.1) is 0 Å². The van der Waals surface area contributed by atoms with Crippen molar-refractivity contribution >= 4 is 43.1 Å². The molecule has 1 aliphatic carbocycles. The van der Waals surface area contributed by atoms with Crippen LogP contribution in [-0.4, -0.2) is 6.66 Å². The third kappa shape index (κ3) is 6.61. The van der Waals surface area contributed by atoms with Crippen molar-refractivity contribution < 1.29 is 20.8 Å².